The molecule has 1 aliphatic carbocycles. The normalized spacial score (nSPS) is 20.5. The number of hydrogen-bond donors (Lipinski definition) is 4. The Morgan fingerprint density at radius 3 is 1.97 bits per heavy atom. The number of benzene rings is 2. The Hall–Kier alpha value is -3.27. The molecule has 2 aromatic carbocycles. The van der Waals surface area contributed by atoms with E-state index in [0.29, 0.717) is 11.1 Å². The third kappa shape index (κ3) is 5.50. The first-order valence-electron chi connectivity index (χ1n) is 9.89. The molecule has 0 saturated carbocycles. The SMILES string of the molecule is COc1cc(CO[C@@H]2[C@H](O)C=C(C(=O)O)C[C@H]2OCc2ccc(O)c(OC)c2)ccc1O. The lowest BCUT2D eigenvalue weighted by Crippen LogP contribution is -2.44. The molecule has 4 N–H and O–H groups in total. The summed E-state index contributed by atoms with van der Waals surface area (Å²) in [7, 11) is 2.87. The lowest BCUT2D eigenvalue weighted by molar-refractivity contribution is -0.140. The largest absolute Gasteiger partial charge is 0.504 e. The van der Waals surface area contributed by atoms with Crippen LogP contribution >= 0.6 is 0 Å². The standard InChI is InChI=1S/C23H26O9/c1-29-19-7-13(3-5-16(19)24)11-31-21-10-15(23(27)28)9-18(26)22(21)32-12-14-4-6-17(25)20(8-14)30-2/h3-9,18,21-22,24-26H,10-12H2,1-2H3,(H,27,28)/t18-,21-,22-/m1/s1. The van der Waals surface area contributed by atoms with Gasteiger partial charge in [-0.05, 0) is 41.5 Å². The van der Waals surface area contributed by atoms with Gasteiger partial charge in [-0.15, -0.1) is 0 Å². The number of phenols is 2. The van der Waals surface area contributed by atoms with E-state index in [1.807, 2.05) is 0 Å². The van der Waals surface area contributed by atoms with Crippen molar-refractivity contribution in [3.63, 3.8) is 0 Å². The molecule has 3 rings (SSSR count). The zero-order valence-electron chi connectivity index (χ0n) is 17.7. The first-order chi connectivity index (χ1) is 15.3. The summed E-state index contributed by atoms with van der Waals surface area (Å²) in [6, 6.07) is 9.49. The molecule has 3 atom stereocenters. The maximum atomic E-state index is 11.5. The van der Waals surface area contributed by atoms with Crippen molar-refractivity contribution >= 4 is 5.97 Å². The number of rotatable bonds is 9. The molecular formula is C23H26O9. The van der Waals surface area contributed by atoms with Crippen LogP contribution in [0.15, 0.2) is 48.0 Å². The summed E-state index contributed by atoms with van der Waals surface area (Å²) in [6.45, 7) is 0.176. The maximum Gasteiger partial charge on any atom is 0.331 e. The predicted octanol–water partition coefficient (Wildman–Crippen LogP) is 2.36. The van der Waals surface area contributed by atoms with Gasteiger partial charge in [-0.3, -0.25) is 0 Å². The minimum atomic E-state index is -1.19. The quantitative estimate of drug-likeness (QED) is 0.458. The van der Waals surface area contributed by atoms with E-state index in [2.05, 4.69) is 0 Å². The number of aromatic hydroxyl groups is 2. The highest BCUT2D eigenvalue weighted by Crippen LogP contribution is 2.31. The molecule has 2 aromatic rings. The average Bonchev–Trinajstić information content (AvgIpc) is 2.78. The minimum absolute atomic E-state index is 0.00600. The molecule has 172 valence electrons. The van der Waals surface area contributed by atoms with E-state index in [-0.39, 0.29) is 48.2 Å². The lowest BCUT2D eigenvalue weighted by atomic mass is 9.91. The van der Waals surface area contributed by atoms with Crippen LogP contribution in [-0.4, -0.2) is 58.9 Å². The van der Waals surface area contributed by atoms with Crippen LogP contribution in [0.3, 0.4) is 0 Å². The van der Waals surface area contributed by atoms with Crippen molar-refractivity contribution in [3.8, 4) is 23.0 Å². The molecule has 0 heterocycles. The number of aliphatic hydroxyl groups is 1. The Balaban J connectivity index is 1.74. The van der Waals surface area contributed by atoms with Gasteiger partial charge >= 0.3 is 5.97 Å². The Morgan fingerprint density at radius 2 is 1.47 bits per heavy atom. The molecular weight excluding hydrogens is 420 g/mol. The lowest BCUT2D eigenvalue weighted by Gasteiger charge is -2.33. The average molecular weight is 446 g/mol. The number of methoxy groups -OCH3 is 2. The monoisotopic (exact) mass is 446 g/mol. The fourth-order valence-corrected chi connectivity index (χ4v) is 3.46. The van der Waals surface area contributed by atoms with E-state index >= 15 is 0 Å². The van der Waals surface area contributed by atoms with Crippen LogP contribution < -0.4 is 9.47 Å². The number of phenolic OH excluding ortho intramolecular Hbond substituents is 2. The Bertz CT molecular complexity index is 985. The van der Waals surface area contributed by atoms with Crippen molar-refractivity contribution in [2.24, 2.45) is 0 Å². The Kier molecular flexibility index (Phi) is 7.57. The van der Waals surface area contributed by atoms with Gasteiger partial charge in [0.1, 0.15) is 12.2 Å². The van der Waals surface area contributed by atoms with Crippen LogP contribution in [0.25, 0.3) is 0 Å². The van der Waals surface area contributed by atoms with E-state index in [1.54, 1.807) is 24.3 Å². The molecule has 0 bridgehead atoms. The van der Waals surface area contributed by atoms with Crippen LogP contribution in [0.1, 0.15) is 17.5 Å². The van der Waals surface area contributed by atoms with Gasteiger partial charge in [-0.2, -0.15) is 0 Å². The first kappa shape index (κ1) is 23.4. The van der Waals surface area contributed by atoms with Gasteiger partial charge in [0.05, 0.1) is 33.5 Å². The zero-order valence-corrected chi connectivity index (χ0v) is 17.7. The highest BCUT2D eigenvalue weighted by atomic mass is 16.5. The van der Waals surface area contributed by atoms with Gasteiger partial charge in [0, 0.05) is 12.0 Å². The van der Waals surface area contributed by atoms with E-state index in [4.69, 9.17) is 18.9 Å². The van der Waals surface area contributed by atoms with Gasteiger partial charge < -0.3 is 39.4 Å². The molecule has 0 radical (unpaired) electrons. The number of carboxylic acid groups (broad SMARTS) is 1. The van der Waals surface area contributed by atoms with Crippen molar-refractivity contribution in [2.75, 3.05) is 14.2 Å². The summed E-state index contributed by atoms with van der Waals surface area (Å²) in [5.41, 5.74) is 1.43. The molecule has 0 unspecified atom stereocenters. The second kappa shape index (κ2) is 10.4. The Labute approximate surface area is 185 Å². The van der Waals surface area contributed by atoms with E-state index in [9.17, 15) is 25.2 Å². The highest BCUT2D eigenvalue weighted by molar-refractivity contribution is 5.87. The molecule has 0 fully saturated rings. The number of aliphatic hydroxyl groups excluding tert-OH is 1. The third-order valence-corrected chi connectivity index (χ3v) is 5.17. The minimum Gasteiger partial charge on any atom is -0.504 e. The zero-order chi connectivity index (χ0) is 23.3. The fraction of sp³-hybridized carbons (Fsp3) is 0.348. The van der Waals surface area contributed by atoms with Gasteiger partial charge in [0.25, 0.3) is 0 Å². The van der Waals surface area contributed by atoms with Crippen LogP contribution in [-0.2, 0) is 27.5 Å². The second-order valence-corrected chi connectivity index (χ2v) is 7.33. The number of carbonyl (C=O) groups is 1. The summed E-state index contributed by atoms with van der Waals surface area (Å²) in [5.74, 6) is -0.572. The van der Waals surface area contributed by atoms with Crippen molar-refractivity contribution in [1.82, 2.24) is 0 Å². The van der Waals surface area contributed by atoms with Gasteiger partial charge in [-0.1, -0.05) is 12.1 Å². The van der Waals surface area contributed by atoms with Gasteiger partial charge in [0.2, 0.25) is 0 Å². The van der Waals surface area contributed by atoms with Gasteiger partial charge in [-0.25, -0.2) is 4.79 Å². The van der Waals surface area contributed by atoms with Crippen molar-refractivity contribution in [1.29, 1.82) is 0 Å². The van der Waals surface area contributed by atoms with Crippen LogP contribution in [0.2, 0.25) is 0 Å². The summed E-state index contributed by atoms with van der Waals surface area (Å²) >= 11 is 0. The van der Waals surface area contributed by atoms with E-state index < -0.39 is 24.3 Å². The van der Waals surface area contributed by atoms with Crippen molar-refractivity contribution in [2.45, 2.75) is 37.9 Å². The number of carboxylic acids is 1. The van der Waals surface area contributed by atoms with Crippen LogP contribution in [0.5, 0.6) is 23.0 Å². The van der Waals surface area contributed by atoms with E-state index in [0.717, 1.165) is 0 Å². The maximum absolute atomic E-state index is 11.5. The smallest absolute Gasteiger partial charge is 0.331 e. The predicted molar refractivity (Wildman–Crippen MR) is 113 cm³/mol. The number of hydrogen-bond acceptors (Lipinski definition) is 8. The molecule has 9 nitrogen and oxygen atoms in total. The molecule has 9 heteroatoms. The van der Waals surface area contributed by atoms with Crippen molar-refractivity contribution < 1.29 is 44.2 Å². The molecule has 0 aromatic heterocycles. The van der Waals surface area contributed by atoms with Crippen LogP contribution in [0.4, 0.5) is 0 Å². The first-order valence-corrected chi connectivity index (χ1v) is 9.89. The molecule has 1 aliphatic rings. The summed E-state index contributed by atoms with van der Waals surface area (Å²) in [5, 5.41) is 39.4. The topological polar surface area (TPSA) is 135 Å². The molecule has 0 amide bonds. The van der Waals surface area contributed by atoms with Crippen LogP contribution in [0, 0.1) is 0 Å². The number of ether oxygens (including phenoxy) is 4. The van der Waals surface area contributed by atoms with Crippen molar-refractivity contribution in [3.05, 3.63) is 59.2 Å². The summed E-state index contributed by atoms with van der Waals surface area (Å²) in [4.78, 5) is 11.5. The van der Waals surface area contributed by atoms with Gasteiger partial charge in [0.15, 0.2) is 23.0 Å². The summed E-state index contributed by atoms with van der Waals surface area (Å²) < 4.78 is 22.0. The second-order valence-electron chi connectivity index (χ2n) is 7.33. The third-order valence-electron chi connectivity index (χ3n) is 5.17. The van der Waals surface area contributed by atoms with E-state index in [1.165, 1.54) is 32.4 Å². The molecule has 32 heavy (non-hydrogen) atoms. The summed E-state index contributed by atoms with van der Waals surface area (Å²) in [6.07, 6.45) is -1.44. The Morgan fingerprint density at radius 1 is 0.938 bits per heavy atom. The fourth-order valence-electron chi connectivity index (χ4n) is 3.46. The molecule has 0 spiro atoms. The number of aliphatic carboxylic acids is 1. The molecule has 0 aliphatic heterocycles. The highest BCUT2D eigenvalue weighted by Gasteiger charge is 2.36. The molecule has 0 saturated heterocycles.